The van der Waals surface area contributed by atoms with Gasteiger partial charge in [-0.3, -0.25) is 4.79 Å². The fraction of sp³-hybridized carbons (Fsp3) is 0.938. The Morgan fingerprint density at radius 2 is 2.00 bits per heavy atom. The van der Waals surface area contributed by atoms with Gasteiger partial charge in [-0.2, -0.15) is 0 Å². The fourth-order valence-electron chi connectivity index (χ4n) is 3.53. The maximum absolute atomic E-state index is 12.0. The number of hydrogen-bond donors (Lipinski definition) is 2. The summed E-state index contributed by atoms with van der Waals surface area (Å²) in [6, 6.07) is 0.0285. The zero-order chi connectivity index (χ0) is 14.2. The van der Waals surface area contributed by atoms with Gasteiger partial charge in [0.05, 0.1) is 12.1 Å². The molecule has 1 aliphatic heterocycles. The van der Waals surface area contributed by atoms with Crippen LogP contribution in [0.2, 0.25) is 0 Å². The summed E-state index contributed by atoms with van der Waals surface area (Å²) in [5.74, 6) is 0.881. The predicted molar refractivity (Wildman–Crippen MR) is 80.6 cm³/mol. The number of carbonyl (C=O) groups excluding carboxylic acids is 1. The number of amides is 1. The van der Waals surface area contributed by atoms with Crippen molar-refractivity contribution in [3.05, 3.63) is 0 Å². The number of carbonyl (C=O) groups is 1. The predicted octanol–water partition coefficient (Wildman–Crippen LogP) is 2.23. The third-order valence-electron chi connectivity index (χ3n) is 4.66. The molecule has 4 nitrogen and oxygen atoms in total. The Morgan fingerprint density at radius 1 is 1.25 bits per heavy atom. The molecule has 1 aliphatic carbocycles. The minimum Gasteiger partial charge on any atom is -0.378 e. The molecular formula is C16H30N2O2. The van der Waals surface area contributed by atoms with Gasteiger partial charge in [0.1, 0.15) is 0 Å². The first-order valence-electron chi connectivity index (χ1n) is 8.44. The van der Waals surface area contributed by atoms with Crippen molar-refractivity contribution in [3.8, 4) is 0 Å². The number of hydrogen-bond acceptors (Lipinski definition) is 3. The van der Waals surface area contributed by atoms with Crippen molar-refractivity contribution < 1.29 is 9.53 Å². The van der Waals surface area contributed by atoms with Crippen molar-refractivity contribution in [1.29, 1.82) is 0 Å². The standard InChI is InChI=1S/C16H30N2O2/c1-2-20-15(13-7-3-4-8-13)10-12-18-16(19)14-9-5-6-11-17-14/h13-15,17H,2-12H2,1H3,(H,18,19). The normalized spacial score (nSPS) is 25.6. The van der Waals surface area contributed by atoms with E-state index < -0.39 is 0 Å². The van der Waals surface area contributed by atoms with Crippen LogP contribution in [0.15, 0.2) is 0 Å². The Kier molecular flexibility index (Phi) is 6.80. The average molecular weight is 282 g/mol. The van der Waals surface area contributed by atoms with Crippen LogP contribution in [0.25, 0.3) is 0 Å². The van der Waals surface area contributed by atoms with E-state index in [1.54, 1.807) is 0 Å². The quantitative estimate of drug-likeness (QED) is 0.753. The van der Waals surface area contributed by atoms with Gasteiger partial charge in [0, 0.05) is 13.2 Å². The van der Waals surface area contributed by atoms with Crippen molar-refractivity contribution in [2.75, 3.05) is 19.7 Å². The minimum absolute atomic E-state index is 0.0285. The van der Waals surface area contributed by atoms with Crippen LogP contribution in [0, 0.1) is 5.92 Å². The molecule has 1 saturated carbocycles. The van der Waals surface area contributed by atoms with Crippen molar-refractivity contribution in [1.82, 2.24) is 10.6 Å². The summed E-state index contributed by atoms with van der Waals surface area (Å²) in [6.45, 7) is 4.56. The van der Waals surface area contributed by atoms with Gasteiger partial charge in [-0.15, -0.1) is 0 Å². The lowest BCUT2D eigenvalue weighted by atomic mass is 9.98. The summed E-state index contributed by atoms with van der Waals surface area (Å²) >= 11 is 0. The molecule has 116 valence electrons. The molecule has 2 atom stereocenters. The van der Waals surface area contributed by atoms with Gasteiger partial charge in [0.15, 0.2) is 0 Å². The Balaban J connectivity index is 1.67. The van der Waals surface area contributed by atoms with Gasteiger partial charge in [0.2, 0.25) is 5.91 Å². The Labute approximate surface area is 123 Å². The topological polar surface area (TPSA) is 50.4 Å². The summed E-state index contributed by atoms with van der Waals surface area (Å²) < 4.78 is 5.89. The molecule has 2 unspecified atom stereocenters. The van der Waals surface area contributed by atoms with Crippen LogP contribution in [0.5, 0.6) is 0 Å². The molecule has 0 radical (unpaired) electrons. The highest BCUT2D eigenvalue weighted by Gasteiger charge is 2.26. The van der Waals surface area contributed by atoms with Gasteiger partial charge in [-0.05, 0) is 51.5 Å². The molecule has 20 heavy (non-hydrogen) atoms. The van der Waals surface area contributed by atoms with Gasteiger partial charge < -0.3 is 15.4 Å². The lowest BCUT2D eigenvalue weighted by Gasteiger charge is -2.25. The second-order valence-electron chi connectivity index (χ2n) is 6.12. The van der Waals surface area contributed by atoms with Crippen LogP contribution in [0.3, 0.4) is 0 Å². The van der Waals surface area contributed by atoms with Crippen LogP contribution < -0.4 is 10.6 Å². The van der Waals surface area contributed by atoms with Gasteiger partial charge >= 0.3 is 0 Å². The van der Waals surface area contributed by atoms with E-state index in [-0.39, 0.29) is 11.9 Å². The van der Waals surface area contributed by atoms with Crippen molar-refractivity contribution >= 4 is 5.91 Å². The Bertz CT molecular complexity index is 284. The molecule has 0 spiro atoms. The van der Waals surface area contributed by atoms with Crippen LogP contribution >= 0.6 is 0 Å². The largest absolute Gasteiger partial charge is 0.378 e. The lowest BCUT2D eigenvalue weighted by molar-refractivity contribution is -0.123. The van der Waals surface area contributed by atoms with Crippen molar-refractivity contribution in [2.45, 2.75) is 70.4 Å². The molecule has 0 aromatic heterocycles. The van der Waals surface area contributed by atoms with Gasteiger partial charge in [0.25, 0.3) is 0 Å². The van der Waals surface area contributed by atoms with E-state index in [9.17, 15) is 4.79 Å². The zero-order valence-corrected chi connectivity index (χ0v) is 12.8. The summed E-state index contributed by atoms with van der Waals surface area (Å²) in [5.41, 5.74) is 0. The number of piperidine rings is 1. The molecule has 2 aliphatic rings. The molecule has 2 fully saturated rings. The van der Waals surface area contributed by atoms with Gasteiger partial charge in [-0.1, -0.05) is 19.3 Å². The molecule has 0 aromatic rings. The molecule has 2 N–H and O–H groups in total. The van der Waals surface area contributed by atoms with Crippen LogP contribution in [-0.4, -0.2) is 37.7 Å². The highest BCUT2D eigenvalue weighted by molar-refractivity contribution is 5.81. The first kappa shape index (κ1) is 15.8. The molecule has 0 bridgehead atoms. The Morgan fingerprint density at radius 3 is 2.65 bits per heavy atom. The van der Waals surface area contributed by atoms with E-state index in [1.165, 1.54) is 32.1 Å². The van der Waals surface area contributed by atoms with E-state index in [2.05, 4.69) is 17.6 Å². The SMILES string of the molecule is CCOC(CCNC(=O)C1CCCCN1)C1CCCC1. The maximum Gasteiger partial charge on any atom is 0.237 e. The highest BCUT2D eigenvalue weighted by Crippen LogP contribution is 2.30. The third-order valence-corrected chi connectivity index (χ3v) is 4.66. The lowest BCUT2D eigenvalue weighted by Crippen LogP contribution is -2.47. The van der Waals surface area contributed by atoms with Crippen LogP contribution in [-0.2, 0) is 9.53 Å². The molecule has 0 aromatic carbocycles. The second kappa shape index (κ2) is 8.63. The van der Waals surface area contributed by atoms with E-state index in [4.69, 9.17) is 4.74 Å². The Hall–Kier alpha value is -0.610. The summed E-state index contributed by atoms with van der Waals surface area (Å²) in [7, 11) is 0. The third kappa shape index (κ3) is 4.74. The molecule has 1 amide bonds. The minimum atomic E-state index is 0.0285. The molecule has 1 saturated heterocycles. The van der Waals surface area contributed by atoms with Crippen molar-refractivity contribution in [3.63, 3.8) is 0 Å². The van der Waals surface area contributed by atoms with E-state index in [1.807, 2.05) is 0 Å². The number of ether oxygens (including phenoxy) is 1. The first-order chi connectivity index (χ1) is 9.81. The van der Waals surface area contributed by atoms with E-state index in [0.717, 1.165) is 39.0 Å². The fourth-order valence-corrected chi connectivity index (χ4v) is 3.53. The molecular weight excluding hydrogens is 252 g/mol. The first-order valence-corrected chi connectivity index (χ1v) is 8.44. The highest BCUT2D eigenvalue weighted by atomic mass is 16.5. The average Bonchev–Trinajstić information content (AvgIpc) is 3.01. The summed E-state index contributed by atoms with van der Waals surface area (Å²) in [6.07, 6.45) is 9.89. The number of rotatable bonds is 7. The van der Waals surface area contributed by atoms with E-state index in [0.29, 0.717) is 12.0 Å². The van der Waals surface area contributed by atoms with Crippen molar-refractivity contribution in [2.24, 2.45) is 5.92 Å². The molecule has 1 heterocycles. The smallest absolute Gasteiger partial charge is 0.237 e. The van der Waals surface area contributed by atoms with E-state index >= 15 is 0 Å². The summed E-state index contributed by atoms with van der Waals surface area (Å²) in [4.78, 5) is 12.0. The maximum atomic E-state index is 12.0. The monoisotopic (exact) mass is 282 g/mol. The van der Waals surface area contributed by atoms with Crippen LogP contribution in [0.4, 0.5) is 0 Å². The molecule has 2 rings (SSSR count). The second-order valence-corrected chi connectivity index (χ2v) is 6.12. The van der Waals surface area contributed by atoms with Gasteiger partial charge in [-0.25, -0.2) is 0 Å². The van der Waals surface area contributed by atoms with Crippen LogP contribution in [0.1, 0.15) is 58.3 Å². The zero-order valence-electron chi connectivity index (χ0n) is 12.8. The number of nitrogens with one attached hydrogen (secondary N) is 2. The molecule has 4 heteroatoms. The summed E-state index contributed by atoms with van der Waals surface area (Å²) in [5, 5.41) is 6.38.